The van der Waals surface area contributed by atoms with E-state index < -0.39 is 0 Å². The first-order valence-electron chi connectivity index (χ1n) is 8.88. The minimum Gasteiger partial charge on any atom is -0.379 e. The van der Waals surface area contributed by atoms with Crippen LogP contribution in [0.4, 0.5) is 0 Å². The molecule has 2 atom stereocenters. The third-order valence-corrected chi connectivity index (χ3v) is 5.67. The Morgan fingerprint density at radius 3 is 2.50 bits per heavy atom. The number of hydrogen-bond donors (Lipinski definition) is 1. The Morgan fingerprint density at radius 2 is 1.62 bits per heavy atom. The number of fused-ring (bicyclic) bond motifs is 2. The van der Waals surface area contributed by atoms with E-state index in [1.165, 1.54) is 34.0 Å². The van der Waals surface area contributed by atoms with E-state index in [2.05, 4.69) is 64.6 Å². The molecule has 2 aromatic carbocycles. The molecule has 2 heterocycles. The fraction of sp³-hybridized carbons (Fsp3) is 0.333. The molecule has 1 aliphatic carbocycles. The summed E-state index contributed by atoms with van der Waals surface area (Å²) in [5.41, 5.74) is 5.68. The summed E-state index contributed by atoms with van der Waals surface area (Å²) >= 11 is 0. The van der Waals surface area contributed by atoms with Crippen molar-refractivity contribution in [3.8, 4) is 0 Å². The first-order chi connectivity index (χ1) is 11.9. The van der Waals surface area contributed by atoms with Crippen LogP contribution in [0.1, 0.15) is 35.1 Å². The van der Waals surface area contributed by atoms with Gasteiger partial charge in [0.15, 0.2) is 0 Å². The van der Waals surface area contributed by atoms with Gasteiger partial charge in [0, 0.05) is 42.1 Å². The Kier molecular flexibility index (Phi) is 3.42. The van der Waals surface area contributed by atoms with E-state index in [0.29, 0.717) is 12.0 Å². The molecule has 0 unspecified atom stereocenters. The highest BCUT2D eigenvalue weighted by atomic mass is 16.5. The van der Waals surface area contributed by atoms with Gasteiger partial charge in [-0.25, -0.2) is 0 Å². The summed E-state index contributed by atoms with van der Waals surface area (Å²) in [5, 5.41) is 1.36. The predicted octanol–water partition coefficient (Wildman–Crippen LogP) is 4.08. The van der Waals surface area contributed by atoms with Gasteiger partial charge in [0.2, 0.25) is 0 Å². The number of nitrogens with zero attached hydrogens (tertiary/aromatic N) is 1. The summed E-state index contributed by atoms with van der Waals surface area (Å²) in [7, 11) is 0. The molecule has 1 fully saturated rings. The number of H-pyrrole nitrogens is 1. The van der Waals surface area contributed by atoms with Gasteiger partial charge in [-0.05, 0) is 29.2 Å². The maximum Gasteiger partial charge on any atom is 0.0594 e. The molecule has 1 aliphatic heterocycles. The van der Waals surface area contributed by atoms with Crippen LogP contribution in [0.3, 0.4) is 0 Å². The fourth-order valence-corrected chi connectivity index (χ4v) is 4.52. The van der Waals surface area contributed by atoms with Crippen LogP contribution in [0.2, 0.25) is 0 Å². The lowest BCUT2D eigenvalue weighted by Gasteiger charge is -2.32. The summed E-state index contributed by atoms with van der Waals surface area (Å²) < 4.78 is 5.56. The molecule has 0 bridgehead atoms. The average molecular weight is 318 g/mol. The summed E-state index contributed by atoms with van der Waals surface area (Å²) in [6.45, 7) is 3.80. The van der Waals surface area contributed by atoms with Crippen molar-refractivity contribution in [1.82, 2.24) is 9.88 Å². The van der Waals surface area contributed by atoms with E-state index in [4.69, 9.17) is 4.74 Å². The van der Waals surface area contributed by atoms with Gasteiger partial charge in [-0.3, -0.25) is 4.90 Å². The van der Waals surface area contributed by atoms with E-state index in [-0.39, 0.29) is 0 Å². The van der Waals surface area contributed by atoms with Crippen molar-refractivity contribution in [2.24, 2.45) is 0 Å². The maximum atomic E-state index is 5.56. The molecular weight excluding hydrogens is 296 g/mol. The maximum absolute atomic E-state index is 5.56. The smallest absolute Gasteiger partial charge is 0.0594 e. The highest BCUT2D eigenvalue weighted by Crippen LogP contribution is 2.48. The van der Waals surface area contributed by atoms with Crippen molar-refractivity contribution in [3.05, 3.63) is 71.4 Å². The molecule has 3 heteroatoms. The molecular formula is C21H22N2O. The number of nitrogens with one attached hydrogen (secondary N) is 1. The van der Waals surface area contributed by atoms with Gasteiger partial charge >= 0.3 is 0 Å². The number of ether oxygens (including phenoxy) is 1. The SMILES string of the molecule is c1ccc2c(c1)[C@H](c1c[nH]c3ccccc13)C[C@@H]2N1CCOCC1. The van der Waals surface area contributed by atoms with E-state index in [0.717, 1.165) is 26.3 Å². The van der Waals surface area contributed by atoms with Crippen molar-refractivity contribution < 1.29 is 4.74 Å². The lowest BCUT2D eigenvalue weighted by molar-refractivity contribution is 0.0159. The van der Waals surface area contributed by atoms with Crippen LogP contribution in [-0.2, 0) is 4.74 Å². The van der Waals surface area contributed by atoms with Crippen LogP contribution in [0, 0.1) is 0 Å². The second kappa shape index (κ2) is 5.76. The van der Waals surface area contributed by atoms with Gasteiger partial charge in [0.25, 0.3) is 0 Å². The average Bonchev–Trinajstić information content (AvgIpc) is 3.24. The molecule has 0 radical (unpaired) electrons. The molecule has 3 aromatic rings. The van der Waals surface area contributed by atoms with Gasteiger partial charge in [-0.2, -0.15) is 0 Å². The zero-order valence-corrected chi connectivity index (χ0v) is 13.7. The van der Waals surface area contributed by atoms with Crippen LogP contribution in [-0.4, -0.2) is 36.2 Å². The molecule has 24 heavy (non-hydrogen) atoms. The molecule has 0 saturated carbocycles. The number of morpholine rings is 1. The van der Waals surface area contributed by atoms with Crippen molar-refractivity contribution >= 4 is 10.9 Å². The van der Waals surface area contributed by atoms with Crippen LogP contribution >= 0.6 is 0 Å². The highest BCUT2D eigenvalue weighted by molar-refractivity contribution is 5.84. The Labute approximate surface area is 142 Å². The first-order valence-corrected chi connectivity index (χ1v) is 8.88. The molecule has 0 amide bonds. The molecule has 1 saturated heterocycles. The van der Waals surface area contributed by atoms with E-state index in [1.54, 1.807) is 0 Å². The number of para-hydroxylation sites is 1. The van der Waals surface area contributed by atoms with E-state index in [9.17, 15) is 0 Å². The zero-order valence-electron chi connectivity index (χ0n) is 13.7. The quantitative estimate of drug-likeness (QED) is 0.771. The molecule has 3 nitrogen and oxygen atoms in total. The summed E-state index contributed by atoms with van der Waals surface area (Å²) in [6.07, 6.45) is 3.38. The van der Waals surface area contributed by atoms with Crippen molar-refractivity contribution in [2.75, 3.05) is 26.3 Å². The number of benzene rings is 2. The topological polar surface area (TPSA) is 28.3 Å². The Morgan fingerprint density at radius 1 is 0.875 bits per heavy atom. The normalized spacial score (nSPS) is 24.3. The second-order valence-corrected chi connectivity index (χ2v) is 6.87. The van der Waals surface area contributed by atoms with Crippen LogP contribution in [0.15, 0.2) is 54.7 Å². The third-order valence-electron chi connectivity index (χ3n) is 5.67. The summed E-state index contributed by atoms with van der Waals surface area (Å²) in [6, 6.07) is 18.2. The van der Waals surface area contributed by atoms with Crippen LogP contribution < -0.4 is 0 Å². The van der Waals surface area contributed by atoms with Crippen molar-refractivity contribution in [2.45, 2.75) is 18.4 Å². The lowest BCUT2D eigenvalue weighted by Crippen LogP contribution is -2.38. The fourth-order valence-electron chi connectivity index (χ4n) is 4.52. The van der Waals surface area contributed by atoms with Crippen molar-refractivity contribution in [3.63, 3.8) is 0 Å². The van der Waals surface area contributed by atoms with Gasteiger partial charge in [-0.1, -0.05) is 42.5 Å². The minimum absolute atomic E-state index is 0.477. The van der Waals surface area contributed by atoms with Gasteiger partial charge in [0.1, 0.15) is 0 Å². The van der Waals surface area contributed by atoms with E-state index >= 15 is 0 Å². The Bertz CT molecular complexity index is 863. The standard InChI is InChI=1S/C21H22N2O/c1-2-7-17-15(5-1)18(13-21(17)23-9-11-24-12-10-23)19-14-22-20-8-4-3-6-16(19)20/h1-8,14,18,21-22H,9-13H2/t18-,21+/m1/s1. The number of aromatic amines is 1. The molecule has 2 aliphatic rings. The summed E-state index contributed by atoms with van der Waals surface area (Å²) in [4.78, 5) is 6.06. The third kappa shape index (κ3) is 2.20. The van der Waals surface area contributed by atoms with Crippen LogP contribution in [0.25, 0.3) is 10.9 Å². The molecule has 0 spiro atoms. The largest absolute Gasteiger partial charge is 0.379 e. The Hall–Kier alpha value is -2.10. The van der Waals surface area contributed by atoms with Crippen LogP contribution in [0.5, 0.6) is 0 Å². The number of rotatable bonds is 2. The zero-order chi connectivity index (χ0) is 15.9. The highest BCUT2D eigenvalue weighted by Gasteiger charge is 2.36. The van der Waals surface area contributed by atoms with Gasteiger partial charge < -0.3 is 9.72 Å². The van der Waals surface area contributed by atoms with E-state index in [1.807, 2.05) is 0 Å². The van der Waals surface area contributed by atoms with Gasteiger partial charge in [-0.15, -0.1) is 0 Å². The minimum atomic E-state index is 0.477. The Balaban J connectivity index is 1.58. The molecule has 1 N–H and O–H groups in total. The molecule has 5 rings (SSSR count). The second-order valence-electron chi connectivity index (χ2n) is 6.87. The van der Waals surface area contributed by atoms with Crippen molar-refractivity contribution in [1.29, 1.82) is 0 Å². The lowest BCUT2D eigenvalue weighted by atomic mass is 9.92. The van der Waals surface area contributed by atoms with Gasteiger partial charge in [0.05, 0.1) is 13.2 Å². The number of hydrogen-bond acceptors (Lipinski definition) is 2. The summed E-state index contributed by atoms with van der Waals surface area (Å²) in [5.74, 6) is 0.477. The predicted molar refractivity (Wildman–Crippen MR) is 96.3 cm³/mol. The molecule has 1 aromatic heterocycles. The monoisotopic (exact) mass is 318 g/mol. The number of aromatic nitrogens is 1. The first kappa shape index (κ1) is 14.3. The molecule has 122 valence electrons.